The molecule has 2 aliphatic rings. The van der Waals surface area contributed by atoms with Crippen LogP contribution in [0.2, 0.25) is 0 Å². The van der Waals surface area contributed by atoms with E-state index in [-0.39, 0.29) is 30.1 Å². The van der Waals surface area contributed by atoms with Crippen LogP contribution >= 0.6 is 0 Å². The lowest BCUT2D eigenvalue weighted by Crippen LogP contribution is -2.38. The third-order valence-corrected chi connectivity index (χ3v) is 4.61. The molecule has 1 heterocycles. The number of halogens is 2. The predicted molar refractivity (Wildman–Crippen MR) is 75.4 cm³/mol. The van der Waals surface area contributed by atoms with Gasteiger partial charge in [-0.15, -0.1) is 0 Å². The number of nitrogens with one attached hydrogen (secondary N) is 1. The van der Waals surface area contributed by atoms with E-state index in [1.54, 1.807) is 6.07 Å². The summed E-state index contributed by atoms with van der Waals surface area (Å²) in [7, 11) is 0. The topological polar surface area (TPSA) is 32.3 Å². The van der Waals surface area contributed by atoms with Gasteiger partial charge in [-0.25, -0.2) is 8.78 Å². The summed E-state index contributed by atoms with van der Waals surface area (Å²) in [6.45, 7) is 4.65. The molecule has 1 aliphatic heterocycles. The second-order valence-corrected chi connectivity index (χ2v) is 6.82. The number of benzene rings is 1. The Morgan fingerprint density at radius 2 is 2.05 bits per heavy atom. The first-order chi connectivity index (χ1) is 9.87. The lowest BCUT2D eigenvalue weighted by molar-refractivity contribution is -0.130. The highest BCUT2D eigenvalue weighted by atomic mass is 19.2. The van der Waals surface area contributed by atoms with Crippen LogP contribution in [0.1, 0.15) is 44.8 Å². The zero-order chi connectivity index (χ0) is 15.2. The highest BCUT2D eigenvalue weighted by molar-refractivity contribution is 5.81. The molecule has 1 aromatic rings. The Morgan fingerprint density at radius 3 is 2.67 bits per heavy atom. The highest BCUT2D eigenvalue weighted by Crippen LogP contribution is 2.42. The van der Waals surface area contributed by atoms with Crippen LogP contribution in [0.4, 0.5) is 8.78 Å². The van der Waals surface area contributed by atoms with Crippen LogP contribution in [-0.4, -0.2) is 23.4 Å². The van der Waals surface area contributed by atoms with Crippen molar-refractivity contribution in [3.8, 4) is 0 Å². The van der Waals surface area contributed by atoms with E-state index in [1.165, 1.54) is 6.07 Å². The maximum Gasteiger partial charge on any atom is 0.238 e. The Hall–Kier alpha value is -1.49. The molecule has 1 aromatic carbocycles. The average Bonchev–Trinajstić information content (AvgIpc) is 2.95. The van der Waals surface area contributed by atoms with Crippen LogP contribution in [0.15, 0.2) is 18.2 Å². The van der Waals surface area contributed by atoms with Gasteiger partial charge in [-0.3, -0.25) is 10.1 Å². The smallest absolute Gasteiger partial charge is 0.238 e. The molecule has 1 saturated heterocycles. The van der Waals surface area contributed by atoms with Crippen molar-refractivity contribution < 1.29 is 13.6 Å². The van der Waals surface area contributed by atoms with E-state index in [4.69, 9.17) is 0 Å². The number of nitrogens with zero attached hydrogens (tertiary/aromatic N) is 1. The molecule has 2 fully saturated rings. The summed E-state index contributed by atoms with van der Waals surface area (Å²) >= 11 is 0. The largest absolute Gasteiger partial charge is 0.319 e. The summed E-state index contributed by atoms with van der Waals surface area (Å²) < 4.78 is 26.5. The van der Waals surface area contributed by atoms with Gasteiger partial charge in [-0.2, -0.15) is 0 Å². The third kappa shape index (κ3) is 2.67. The van der Waals surface area contributed by atoms with E-state index < -0.39 is 11.6 Å². The van der Waals surface area contributed by atoms with Gasteiger partial charge >= 0.3 is 0 Å². The van der Waals surface area contributed by atoms with Gasteiger partial charge in [0.05, 0.1) is 6.54 Å². The maximum absolute atomic E-state index is 13.5. The fraction of sp³-hybridized carbons (Fsp3) is 0.562. The predicted octanol–water partition coefficient (Wildman–Crippen LogP) is 2.97. The van der Waals surface area contributed by atoms with Gasteiger partial charge in [-0.05, 0) is 42.4 Å². The number of amides is 1. The lowest BCUT2D eigenvalue weighted by Gasteiger charge is -2.31. The molecule has 1 aliphatic carbocycles. The van der Waals surface area contributed by atoms with E-state index >= 15 is 0 Å². The first kappa shape index (κ1) is 14.4. The fourth-order valence-corrected chi connectivity index (χ4v) is 3.53. The standard InChI is InChI=1S/C16H20F2N2O/c1-16(2)6-5-11(8-16)20-14(21)9-19-15(20)10-3-4-12(17)13(18)7-10/h3-4,7,11,15,19H,5-6,8-9H2,1-2H3. The fourth-order valence-electron chi connectivity index (χ4n) is 3.53. The molecule has 21 heavy (non-hydrogen) atoms. The minimum absolute atomic E-state index is 0.0347. The first-order valence-corrected chi connectivity index (χ1v) is 7.37. The summed E-state index contributed by atoms with van der Waals surface area (Å²) in [6, 6.07) is 4.01. The molecule has 0 spiro atoms. The Morgan fingerprint density at radius 1 is 1.29 bits per heavy atom. The molecule has 2 unspecified atom stereocenters. The monoisotopic (exact) mass is 294 g/mol. The van der Waals surface area contributed by atoms with Crippen LogP contribution in [0.3, 0.4) is 0 Å². The molecule has 2 atom stereocenters. The summed E-state index contributed by atoms with van der Waals surface area (Å²) in [5.41, 5.74) is 0.830. The Kier molecular flexibility index (Phi) is 3.48. The van der Waals surface area contributed by atoms with Crippen LogP contribution < -0.4 is 5.32 Å². The van der Waals surface area contributed by atoms with Gasteiger partial charge in [0.2, 0.25) is 5.91 Å². The minimum atomic E-state index is -0.875. The molecule has 3 rings (SSSR count). The highest BCUT2D eigenvalue weighted by Gasteiger charge is 2.42. The van der Waals surface area contributed by atoms with Crippen molar-refractivity contribution in [3.63, 3.8) is 0 Å². The Labute approximate surface area is 123 Å². The van der Waals surface area contributed by atoms with Gasteiger partial charge in [0, 0.05) is 6.04 Å². The molecule has 1 amide bonds. The van der Waals surface area contributed by atoms with Gasteiger partial charge in [0.1, 0.15) is 6.17 Å². The van der Waals surface area contributed by atoms with Gasteiger partial charge in [0.15, 0.2) is 11.6 Å². The summed E-state index contributed by atoms with van der Waals surface area (Å²) in [5.74, 6) is -1.70. The van der Waals surface area contributed by atoms with E-state index in [0.717, 1.165) is 25.3 Å². The molecule has 5 heteroatoms. The summed E-state index contributed by atoms with van der Waals surface area (Å²) in [5, 5.41) is 3.11. The zero-order valence-electron chi connectivity index (χ0n) is 12.3. The number of rotatable bonds is 2. The van der Waals surface area contributed by atoms with E-state index in [0.29, 0.717) is 5.56 Å². The molecular weight excluding hydrogens is 274 g/mol. The van der Waals surface area contributed by atoms with E-state index in [2.05, 4.69) is 19.2 Å². The second-order valence-electron chi connectivity index (χ2n) is 6.82. The molecule has 1 N–H and O–H groups in total. The second kappa shape index (κ2) is 5.05. The van der Waals surface area contributed by atoms with Gasteiger partial charge in [-0.1, -0.05) is 19.9 Å². The summed E-state index contributed by atoms with van der Waals surface area (Å²) in [6.07, 6.45) is 2.62. The van der Waals surface area contributed by atoms with Crippen LogP contribution in [0.25, 0.3) is 0 Å². The molecule has 114 valence electrons. The zero-order valence-corrected chi connectivity index (χ0v) is 12.3. The van der Waals surface area contributed by atoms with Crippen LogP contribution in [-0.2, 0) is 4.79 Å². The molecule has 0 radical (unpaired) electrons. The van der Waals surface area contributed by atoms with Crippen molar-refractivity contribution in [2.45, 2.75) is 45.3 Å². The third-order valence-electron chi connectivity index (χ3n) is 4.61. The maximum atomic E-state index is 13.5. The van der Waals surface area contributed by atoms with Crippen LogP contribution in [0.5, 0.6) is 0 Å². The molecule has 0 aromatic heterocycles. The number of carbonyl (C=O) groups is 1. The lowest BCUT2D eigenvalue weighted by atomic mass is 9.91. The first-order valence-electron chi connectivity index (χ1n) is 7.37. The van der Waals surface area contributed by atoms with Crippen molar-refractivity contribution in [1.82, 2.24) is 10.2 Å². The SMILES string of the molecule is CC1(C)CCC(N2C(=O)CNC2c2ccc(F)c(F)c2)C1. The Bertz CT molecular complexity index is 573. The van der Waals surface area contributed by atoms with Crippen molar-refractivity contribution in [2.75, 3.05) is 6.54 Å². The summed E-state index contributed by atoms with van der Waals surface area (Å²) in [4.78, 5) is 14.0. The van der Waals surface area contributed by atoms with E-state index in [9.17, 15) is 13.6 Å². The van der Waals surface area contributed by atoms with Crippen molar-refractivity contribution in [2.24, 2.45) is 5.41 Å². The molecule has 0 bridgehead atoms. The van der Waals surface area contributed by atoms with Gasteiger partial charge in [0.25, 0.3) is 0 Å². The number of hydrogen-bond acceptors (Lipinski definition) is 2. The van der Waals surface area contributed by atoms with Crippen molar-refractivity contribution in [1.29, 1.82) is 0 Å². The molecule has 3 nitrogen and oxygen atoms in total. The molecular formula is C16H20F2N2O. The van der Waals surface area contributed by atoms with Crippen LogP contribution in [0, 0.1) is 17.0 Å². The number of carbonyl (C=O) groups excluding carboxylic acids is 1. The normalized spacial score (nSPS) is 28.4. The minimum Gasteiger partial charge on any atom is -0.319 e. The van der Waals surface area contributed by atoms with E-state index in [1.807, 2.05) is 4.90 Å². The quantitative estimate of drug-likeness (QED) is 0.909. The van der Waals surface area contributed by atoms with Crippen molar-refractivity contribution in [3.05, 3.63) is 35.4 Å². The van der Waals surface area contributed by atoms with Crippen molar-refractivity contribution >= 4 is 5.91 Å². The molecule has 1 saturated carbocycles. The Balaban J connectivity index is 1.87. The average molecular weight is 294 g/mol. The number of hydrogen-bond donors (Lipinski definition) is 1. The van der Waals surface area contributed by atoms with Gasteiger partial charge < -0.3 is 4.90 Å².